The lowest BCUT2D eigenvalue weighted by Crippen LogP contribution is -2.44. The summed E-state index contributed by atoms with van der Waals surface area (Å²) in [5, 5.41) is 4.67. The Bertz CT molecular complexity index is 524. The topological polar surface area (TPSA) is 53.5 Å². The number of ether oxygens (including phenoxy) is 1. The molecule has 1 aromatic rings. The average molecular weight is 366 g/mol. The van der Waals surface area contributed by atoms with E-state index in [0.29, 0.717) is 6.04 Å². The fourth-order valence-corrected chi connectivity index (χ4v) is 4.11. The number of methoxy groups -OCH3 is 1. The summed E-state index contributed by atoms with van der Waals surface area (Å²) in [5.74, 6) is 1.86. The first-order valence-electron chi connectivity index (χ1n) is 9.35. The molecule has 0 aromatic carbocycles. The van der Waals surface area contributed by atoms with Crippen LogP contribution in [0.25, 0.3) is 0 Å². The van der Waals surface area contributed by atoms with E-state index in [1.54, 1.807) is 18.9 Å². The molecule has 140 valence electrons. The lowest BCUT2D eigenvalue weighted by atomic mass is 10.0. The van der Waals surface area contributed by atoms with E-state index in [1.807, 2.05) is 18.5 Å². The van der Waals surface area contributed by atoms with E-state index < -0.39 is 0 Å². The molecule has 0 aliphatic carbocycles. The van der Waals surface area contributed by atoms with E-state index in [9.17, 15) is 0 Å². The number of likely N-dealkylation sites (tertiary alicyclic amines) is 1. The van der Waals surface area contributed by atoms with Crippen LogP contribution < -0.4 is 10.2 Å². The van der Waals surface area contributed by atoms with Crippen molar-refractivity contribution in [3.63, 3.8) is 0 Å². The molecule has 25 heavy (non-hydrogen) atoms. The monoisotopic (exact) mass is 365 g/mol. The van der Waals surface area contributed by atoms with Crippen molar-refractivity contribution >= 4 is 17.6 Å². The van der Waals surface area contributed by atoms with E-state index in [-0.39, 0.29) is 0 Å². The number of thioether (sulfide) groups is 1. The molecule has 6 nitrogen and oxygen atoms in total. The minimum absolute atomic E-state index is 0.645. The van der Waals surface area contributed by atoms with Gasteiger partial charge in [0.25, 0.3) is 0 Å². The highest BCUT2D eigenvalue weighted by molar-refractivity contribution is 7.98. The van der Waals surface area contributed by atoms with Gasteiger partial charge in [-0.2, -0.15) is 0 Å². The van der Waals surface area contributed by atoms with Crippen molar-refractivity contribution in [2.75, 3.05) is 64.1 Å². The first-order valence-corrected chi connectivity index (χ1v) is 10.6. The number of nitrogens with one attached hydrogen (secondary N) is 1. The van der Waals surface area contributed by atoms with Crippen LogP contribution in [0.1, 0.15) is 19.3 Å². The Morgan fingerprint density at radius 3 is 2.88 bits per heavy atom. The molecule has 3 heterocycles. The molecule has 0 amide bonds. The Morgan fingerprint density at radius 2 is 2.12 bits per heavy atom. The van der Waals surface area contributed by atoms with E-state index >= 15 is 0 Å². The Balaban J connectivity index is 1.37. The van der Waals surface area contributed by atoms with Crippen molar-refractivity contribution in [3.8, 4) is 0 Å². The first kappa shape index (κ1) is 18.9. The van der Waals surface area contributed by atoms with Crippen LogP contribution in [0.3, 0.4) is 0 Å². The van der Waals surface area contributed by atoms with Crippen LogP contribution in [0.2, 0.25) is 0 Å². The largest absolute Gasteiger partial charge is 0.383 e. The quantitative estimate of drug-likeness (QED) is 0.556. The van der Waals surface area contributed by atoms with Crippen LogP contribution in [-0.4, -0.2) is 80.2 Å². The fourth-order valence-electron chi connectivity index (χ4n) is 3.76. The van der Waals surface area contributed by atoms with Crippen LogP contribution >= 0.6 is 11.8 Å². The standard InChI is InChI=1S/C18H31N5OS/c1-24-12-11-22-8-4-15(14-22)13-20-16-5-9-23(10-6-16)17-3-7-19-18(21-17)25-2/h3,7,15-16,20H,4-6,8-14H2,1-2H3/t15-/m0/s1. The summed E-state index contributed by atoms with van der Waals surface area (Å²) in [6, 6.07) is 2.67. The molecule has 2 fully saturated rings. The molecule has 2 saturated heterocycles. The van der Waals surface area contributed by atoms with E-state index in [0.717, 1.165) is 49.7 Å². The van der Waals surface area contributed by atoms with E-state index in [4.69, 9.17) is 4.74 Å². The van der Waals surface area contributed by atoms with Crippen LogP contribution in [0, 0.1) is 5.92 Å². The molecule has 3 rings (SSSR count). The zero-order valence-electron chi connectivity index (χ0n) is 15.5. The lowest BCUT2D eigenvalue weighted by Gasteiger charge is -2.33. The zero-order chi connectivity index (χ0) is 17.5. The van der Waals surface area contributed by atoms with Gasteiger partial charge in [0.05, 0.1) is 6.61 Å². The predicted molar refractivity (Wildman–Crippen MR) is 103 cm³/mol. The summed E-state index contributed by atoms with van der Waals surface area (Å²) in [4.78, 5) is 13.8. The number of aromatic nitrogens is 2. The second-order valence-electron chi connectivity index (χ2n) is 7.02. The summed E-state index contributed by atoms with van der Waals surface area (Å²) < 4.78 is 5.18. The number of nitrogens with zero attached hydrogens (tertiary/aromatic N) is 4. The molecular formula is C18H31N5OS. The molecule has 1 atom stereocenters. The molecule has 0 saturated carbocycles. The molecule has 0 unspecified atom stereocenters. The summed E-state index contributed by atoms with van der Waals surface area (Å²) in [7, 11) is 1.78. The zero-order valence-corrected chi connectivity index (χ0v) is 16.3. The van der Waals surface area contributed by atoms with Gasteiger partial charge in [-0.1, -0.05) is 11.8 Å². The highest BCUT2D eigenvalue weighted by atomic mass is 32.2. The lowest BCUT2D eigenvalue weighted by molar-refractivity contribution is 0.158. The second-order valence-corrected chi connectivity index (χ2v) is 7.79. The third kappa shape index (κ3) is 5.54. The molecular weight excluding hydrogens is 334 g/mol. The number of piperidine rings is 1. The van der Waals surface area contributed by atoms with Crippen molar-refractivity contribution < 1.29 is 4.74 Å². The predicted octanol–water partition coefficient (Wildman–Crippen LogP) is 1.73. The molecule has 1 aromatic heterocycles. The molecule has 2 aliphatic rings. The Labute approximate surface area is 155 Å². The minimum Gasteiger partial charge on any atom is -0.383 e. The van der Waals surface area contributed by atoms with Crippen LogP contribution in [-0.2, 0) is 4.74 Å². The van der Waals surface area contributed by atoms with Crippen molar-refractivity contribution in [1.29, 1.82) is 0 Å². The Hall–Kier alpha value is -0.890. The maximum absolute atomic E-state index is 5.18. The molecule has 1 N–H and O–H groups in total. The summed E-state index contributed by atoms with van der Waals surface area (Å²) in [6.07, 6.45) is 7.59. The normalized spacial score (nSPS) is 22.6. The first-order chi connectivity index (χ1) is 12.3. The highest BCUT2D eigenvalue weighted by Crippen LogP contribution is 2.21. The van der Waals surface area contributed by atoms with Crippen molar-refractivity contribution in [1.82, 2.24) is 20.2 Å². The van der Waals surface area contributed by atoms with Crippen LogP contribution in [0.5, 0.6) is 0 Å². The fraction of sp³-hybridized carbons (Fsp3) is 0.778. The van der Waals surface area contributed by atoms with Gasteiger partial charge >= 0.3 is 0 Å². The van der Waals surface area contributed by atoms with Gasteiger partial charge in [0.2, 0.25) is 0 Å². The third-order valence-electron chi connectivity index (χ3n) is 5.30. The van der Waals surface area contributed by atoms with Crippen molar-refractivity contribution in [3.05, 3.63) is 12.3 Å². The Morgan fingerprint density at radius 1 is 1.28 bits per heavy atom. The van der Waals surface area contributed by atoms with E-state index in [2.05, 4.69) is 25.1 Å². The van der Waals surface area contributed by atoms with Gasteiger partial charge in [-0.15, -0.1) is 0 Å². The average Bonchev–Trinajstić information content (AvgIpc) is 3.13. The maximum atomic E-state index is 5.18. The van der Waals surface area contributed by atoms with Crippen LogP contribution in [0.4, 0.5) is 5.82 Å². The molecule has 0 spiro atoms. The Kier molecular flexibility index (Phi) is 7.34. The van der Waals surface area contributed by atoms with Crippen LogP contribution in [0.15, 0.2) is 17.4 Å². The SMILES string of the molecule is COCCN1CC[C@@H](CNC2CCN(c3ccnc(SC)n3)CC2)C1. The summed E-state index contributed by atoms with van der Waals surface area (Å²) >= 11 is 1.60. The molecule has 7 heteroatoms. The van der Waals surface area contributed by atoms with Gasteiger partial charge in [0, 0.05) is 45.5 Å². The van der Waals surface area contributed by atoms with Gasteiger partial charge in [-0.25, -0.2) is 9.97 Å². The summed E-state index contributed by atoms with van der Waals surface area (Å²) in [5.41, 5.74) is 0. The van der Waals surface area contributed by atoms with Gasteiger partial charge in [-0.3, -0.25) is 0 Å². The number of anilines is 1. The number of rotatable bonds is 8. The molecule has 0 bridgehead atoms. The van der Waals surface area contributed by atoms with Gasteiger partial charge < -0.3 is 19.9 Å². The second kappa shape index (κ2) is 9.71. The molecule has 2 aliphatic heterocycles. The maximum Gasteiger partial charge on any atom is 0.189 e. The number of hydrogen-bond donors (Lipinski definition) is 1. The summed E-state index contributed by atoms with van der Waals surface area (Å²) in [6.45, 7) is 7.66. The molecule has 0 radical (unpaired) electrons. The van der Waals surface area contributed by atoms with E-state index in [1.165, 1.54) is 32.4 Å². The highest BCUT2D eigenvalue weighted by Gasteiger charge is 2.24. The number of hydrogen-bond acceptors (Lipinski definition) is 7. The minimum atomic E-state index is 0.645. The van der Waals surface area contributed by atoms with Gasteiger partial charge in [0.15, 0.2) is 5.16 Å². The third-order valence-corrected chi connectivity index (χ3v) is 5.86. The van der Waals surface area contributed by atoms with Gasteiger partial charge in [-0.05, 0) is 50.6 Å². The van der Waals surface area contributed by atoms with Gasteiger partial charge in [0.1, 0.15) is 5.82 Å². The van der Waals surface area contributed by atoms with Crippen molar-refractivity contribution in [2.45, 2.75) is 30.5 Å². The smallest absolute Gasteiger partial charge is 0.189 e. The van der Waals surface area contributed by atoms with Crippen molar-refractivity contribution in [2.24, 2.45) is 5.92 Å².